The zero-order valence-electron chi connectivity index (χ0n) is 4.88. The van der Waals surface area contributed by atoms with Gasteiger partial charge in [-0.3, -0.25) is 0 Å². The molecular weight excluding hydrogens is 432 g/mol. The molecule has 0 aromatic heterocycles. The summed E-state index contributed by atoms with van der Waals surface area (Å²) in [5, 5.41) is 0. The zero-order valence-corrected chi connectivity index (χ0v) is 10.6. The van der Waals surface area contributed by atoms with Crippen molar-refractivity contribution in [2.24, 2.45) is 0 Å². The van der Waals surface area contributed by atoms with Crippen molar-refractivity contribution in [2.75, 3.05) is 0 Å². The van der Waals surface area contributed by atoms with E-state index in [0.29, 0.717) is 0 Å². The first-order chi connectivity index (χ1) is 4.00. The monoisotopic (exact) mass is 432 g/mol. The molecule has 8 nitrogen and oxygen atoms in total. The number of phosphoric acid groups is 2. The second kappa shape index (κ2) is 8.98. The van der Waals surface area contributed by atoms with E-state index >= 15 is 0 Å². The van der Waals surface area contributed by atoms with Crippen LogP contribution < -0.4 is 29.4 Å². The third-order valence-corrected chi connectivity index (χ3v) is 0. The standard InChI is InChI=1S/Ni.2H3O4P.W/c;2*1-5(2,3)4;/h;2*(H3,1,2,3,4);/q+2;;;/p-6. The molecule has 0 aromatic carbocycles. The van der Waals surface area contributed by atoms with Crippen molar-refractivity contribution in [1.82, 2.24) is 0 Å². The van der Waals surface area contributed by atoms with E-state index in [0.717, 1.165) is 0 Å². The normalized spacial score (nSPS) is 9.83. The van der Waals surface area contributed by atoms with Crippen molar-refractivity contribution in [2.45, 2.75) is 0 Å². The molecule has 0 aromatic rings. The predicted octanol–water partition coefficient (Wildman–Crippen LogP) is -5.65. The summed E-state index contributed by atoms with van der Waals surface area (Å²) in [6, 6.07) is 0. The third-order valence-electron chi connectivity index (χ3n) is 0. The van der Waals surface area contributed by atoms with Gasteiger partial charge in [0.25, 0.3) is 0 Å². The van der Waals surface area contributed by atoms with E-state index in [2.05, 4.69) is 0 Å². The van der Waals surface area contributed by atoms with Crippen LogP contribution in [0.15, 0.2) is 0 Å². The predicted molar refractivity (Wildman–Crippen MR) is 15.2 cm³/mol. The molecular formula is NiO8P2W-4. The molecule has 0 aliphatic heterocycles. The Kier molecular flexibility index (Phi) is 17.4. The Bertz CT molecular complexity index is 129. The van der Waals surface area contributed by atoms with Gasteiger partial charge in [0.1, 0.15) is 0 Å². The molecule has 0 radical (unpaired) electrons. The van der Waals surface area contributed by atoms with E-state index in [1.54, 1.807) is 0 Å². The SMILES string of the molecule is O=P([O-])([O-])[O-].O=P([O-])([O-])[O-].[Ni+2].[W]. The summed E-state index contributed by atoms with van der Waals surface area (Å²) < 4.78 is 17.1. The summed E-state index contributed by atoms with van der Waals surface area (Å²) in [6.45, 7) is 0. The Morgan fingerprint density at radius 1 is 0.667 bits per heavy atom. The fraction of sp³-hybridized carbons (Fsp3) is 0. The van der Waals surface area contributed by atoms with Gasteiger partial charge >= 0.3 is 16.5 Å². The molecule has 78 valence electrons. The van der Waals surface area contributed by atoms with Crippen LogP contribution in [-0.4, -0.2) is 0 Å². The first-order valence-corrected chi connectivity index (χ1v) is 4.38. The first kappa shape index (κ1) is 23.3. The summed E-state index contributed by atoms with van der Waals surface area (Å²) >= 11 is 0. The van der Waals surface area contributed by atoms with Crippen molar-refractivity contribution < 1.29 is 76.0 Å². The number of hydrogen-bond acceptors (Lipinski definition) is 8. The molecule has 0 atom stereocenters. The van der Waals surface area contributed by atoms with Crippen LogP contribution in [0.1, 0.15) is 0 Å². The molecule has 0 bridgehead atoms. The topological polar surface area (TPSA) is 172 Å². The first-order valence-electron chi connectivity index (χ1n) is 1.46. The second-order valence-electron chi connectivity index (χ2n) is 0.894. The van der Waals surface area contributed by atoms with Crippen LogP contribution >= 0.6 is 15.6 Å². The Labute approximate surface area is 91.7 Å². The molecule has 12 heavy (non-hydrogen) atoms. The Morgan fingerprint density at radius 3 is 0.667 bits per heavy atom. The molecule has 12 heteroatoms. The minimum Gasteiger partial charge on any atom is -0.822 e. The summed E-state index contributed by atoms with van der Waals surface area (Å²) in [4.78, 5) is 51.3. The molecule has 0 aliphatic rings. The van der Waals surface area contributed by atoms with Crippen LogP contribution in [-0.2, 0) is 46.7 Å². The van der Waals surface area contributed by atoms with Gasteiger partial charge in [-0.2, -0.15) is 15.6 Å². The summed E-state index contributed by atoms with van der Waals surface area (Å²) in [6.07, 6.45) is 0. The minimum absolute atomic E-state index is 0. The molecule has 0 spiro atoms. The van der Waals surface area contributed by atoms with Crippen molar-refractivity contribution in [1.29, 1.82) is 0 Å². The van der Waals surface area contributed by atoms with E-state index in [-0.39, 0.29) is 37.6 Å². The van der Waals surface area contributed by atoms with Gasteiger partial charge in [-0.1, -0.05) is 0 Å². The molecule has 0 aliphatic carbocycles. The second-order valence-corrected chi connectivity index (χ2v) is 2.68. The van der Waals surface area contributed by atoms with Crippen molar-refractivity contribution >= 4 is 15.6 Å². The van der Waals surface area contributed by atoms with Crippen molar-refractivity contribution in [3.05, 3.63) is 0 Å². The van der Waals surface area contributed by atoms with Crippen LogP contribution in [0.25, 0.3) is 0 Å². The largest absolute Gasteiger partial charge is 2.00 e. The van der Waals surface area contributed by atoms with Gasteiger partial charge in [-0.05, 0) is 0 Å². The Balaban J connectivity index is -0.0000000457. The van der Waals surface area contributed by atoms with Gasteiger partial charge in [0.05, 0.1) is 0 Å². The summed E-state index contributed by atoms with van der Waals surface area (Å²) in [5.41, 5.74) is 0. The Morgan fingerprint density at radius 2 is 0.667 bits per heavy atom. The van der Waals surface area contributed by atoms with Crippen molar-refractivity contribution in [3.63, 3.8) is 0 Å². The molecule has 0 N–H and O–H groups in total. The smallest absolute Gasteiger partial charge is 0.822 e. The van der Waals surface area contributed by atoms with Gasteiger partial charge in [-0.15, -0.1) is 0 Å². The molecule has 0 fully saturated rings. The molecule has 0 heterocycles. The summed E-state index contributed by atoms with van der Waals surface area (Å²) in [5.74, 6) is 0. The molecule has 0 unspecified atom stereocenters. The van der Waals surface area contributed by atoms with Gasteiger partial charge < -0.3 is 38.5 Å². The van der Waals surface area contributed by atoms with E-state index in [9.17, 15) is 0 Å². The van der Waals surface area contributed by atoms with E-state index in [1.165, 1.54) is 0 Å². The fourth-order valence-electron chi connectivity index (χ4n) is 0. The van der Waals surface area contributed by atoms with Crippen LogP contribution in [0.5, 0.6) is 0 Å². The van der Waals surface area contributed by atoms with E-state index in [4.69, 9.17) is 38.5 Å². The van der Waals surface area contributed by atoms with Crippen LogP contribution in [0.2, 0.25) is 0 Å². The summed E-state index contributed by atoms with van der Waals surface area (Å²) in [7, 11) is -10.8. The number of rotatable bonds is 0. The number of hydrogen-bond donors (Lipinski definition) is 0. The maximum absolute atomic E-state index is 8.55. The zero-order chi connectivity index (χ0) is 9.00. The molecule has 0 saturated carbocycles. The Hall–Kier alpha value is 1.40. The van der Waals surface area contributed by atoms with E-state index < -0.39 is 15.6 Å². The molecule has 0 amide bonds. The molecule has 0 saturated heterocycles. The average molecular weight is 432 g/mol. The van der Waals surface area contributed by atoms with Crippen LogP contribution in [0, 0.1) is 0 Å². The van der Waals surface area contributed by atoms with Gasteiger partial charge in [-0.25, -0.2) is 0 Å². The minimum atomic E-state index is -5.39. The van der Waals surface area contributed by atoms with Crippen LogP contribution in [0.3, 0.4) is 0 Å². The van der Waals surface area contributed by atoms with Gasteiger partial charge in [0.2, 0.25) is 0 Å². The fourth-order valence-corrected chi connectivity index (χ4v) is 0. The maximum Gasteiger partial charge on any atom is 2.00 e. The van der Waals surface area contributed by atoms with Crippen molar-refractivity contribution in [3.8, 4) is 0 Å². The molecule has 0 rings (SSSR count). The van der Waals surface area contributed by atoms with E-state index in [1.807, 2.05) is 0 Å². The van der Waals surface area contributed by atoms with Gasteiger partial charge in [0.15, 0.2) is 0 Å². The quantitative estimate of drug-likeness (QED) is 0.269. The van der Waals surface area contributed by atoms with Crippen LogP contribution in [0.4, 0.5) is 0 Å². The maximum atomic E-state index is 8.55. The van der Waals surface area contributed by atoms with Gasteiger partial charge in [0, 0.05) is 21.1 Å². The average Bonchev–Trinajstić information content (AvgIpc) is 1.12. The third kappa shape index (κ3) is 628.